The lowest BCUT2D eigenvalue weighted by atomic mass is 10.1. The molecule has 2 rings (SSSR count). The van der Waals surface area contributed by atoms with Crippen LogP contribution >= 0.6 is 0 Å². The van der Waals surface area contributed by atoms with Gasteiger partial charge >= 0.3 is 0 Å². The van der Waals surface area contributed by atoms with Gasteiger partial charge < -0.3 is 10.1 Å². The molecule has 2 saturated heterocycles. The van der Waals surface area contributed by atoms with Gasteiger partial charge in [-0.15, -0.1) is 0 Å². The first kappa shape index (κ1) is 4.77. The standard InChI is InChI=1S/C6H11NO/c1-6-2-5(3-8-6)7-4-6/h5,7H,2-4H2,1H3/t5?,6-/m0/s1. The molecular formula is C6H11NO. The fourth-order valence-corrected chi connectivity index (χ4v) is 1.56. The molecule has 0 aromatic carbocycles. The minimum Gasteiger partial charge on any atom is -0.372 e. The number of morpholine rings is 1. The molecule has 0 saturated carbocycles. The lowest BCUT2D eigenvalue weighted by molar-refractivity contribution is 0.00903. The molecule has 2 atom stereocenters. The second-order valence-corrected chi connectivity index (χ2v) is 3.04. The maximum Gasteiger partial charge on any atom is 0.0794 e. The average molecular weight is 113 g/mol. The minimum absolute atomic E-state index is 0.199. The van der Waals surface area contributed by atoms with E-state index in [0.29, 0.717) is 6.04 Å². The predicted octanol–water partition coefficient (Wildman–Crippen LogP) is 0.137. The van der Waals surface area contributed by atoms with Crippen molar-refractivity contribution in [2.24, 2.45) is 0 Å². The zero-order valence-electron chi connectivity index (χ0n) is 5.11. The van der Waals surface area contributed by atoms with E-state index < -0.39 is 0 Å². The maximum atomic E-state index is 5.48. The highest BCUT2D eigenvalue weighted by Gasteiger charge is 2.41. The zero-order valence-corrected chi connectivity index (χ0v) is 5.11. The van der Waals surface area contributed by atoms with Crippen LogP contribution in [-0.2, 0) is 4.74 Å². The Balaban J connectivity index is 2.19. The number of hydrogen-bond donors (Lipinski definition) is 1. The zero-order chi connectivity index (χ0) is 5.61. The summed E-state index contributed by atoms with van der Waals surface area (Å²) >= 11 is 0. The Morgan fingerprint density at radius 2 is 2.62 bits per heavy atom. The summed E-state index contributed by atoms with van der Waals surface area (Å²) in [4.78, 5) is 0. The molecule has 0 spiro atoms. The van der Waals surface area contributed by atoms with Crippen LogP contribution in [0.4, 0.5) is 0 Å². The van der Waals surface area contributed by atoms with E-state index in [1.807, 2.05) is 0 Å². The van der Waals surface area contributed by atoms with Crippen LogP contribution in [0.1, 0.15) is 13.3 Å². The molecule has 46 valence electrons. The van der Waals surface area contributed by atoms with Gasteiger partial charge in [0.25, 0.3) is 0 Å². The molecule has 2 aliphatic heterocycles. The van der Waals surface area contributed by atoms with Crippen LogP contribution < -0.4 is 5.32 Å². The van der Waals surface area contributed by atoms with Crippen molar-refractivity contribution in [2.75, 3.05) is 13.2 Å². The van der Waals surface area contributed by atoms with Crippen LogP contribution in [0.5, 0.6) is 0 Å². The Labute approximate surface area is 49.2 Å². The van der Waals surface area contributed by atoms with Crippen molar-refractivity contribution >= 4 is 0 Å². The average Bonchev–Trinajstić information content (AvgIpc) is 2.21. The first-order valence-electron chi connectivity index (χ1n) is 3.16. The van der Waals surface area contributed by atoms with E-state index in [9.17, 15) is 0 Å². The highest BCUT2D eigenvalue weighted by Crippen LogP contribution is 2.29. The molecule has 2 bridgehead atoms. The molecule has 0 aromatic rings. The van der Waals surface area contributed by atoms with E-state index in [0.717, 1.165) is 13.2 Å². The van der Waals surface area contributed by atoms with E-state index in [1.165, 1.54) is 6.42 Å². The second-order valence-electron chi connectivity index (χ2n) is 3.04. The summed E-state index contributed by atoms with van der Waals surface area (Å²) in [6.45, 7) is 4.15. The van der Waals surface area contributed by atoms with Crippen molar-refractivity contribution in [1.29, 1.82) is 0 Å². The topological polar surface area (TPSA) is 21.3 Å². The Bertz CT molecular complexity index is 105. The third kappa shape index (κ3) is 0.501. The monoisotopic (exact) mass is 113 g/mol. The molecular weight excluding hydrogens is 102 g/mol. The van der Waals surface area contributed by atoms with Crippen molar-refractivity contribution in [1.82, 2.24) is 5.32 Å². The van der Waals surface area contributed by atoms with Gasteiger partial charge in [0.05, 0.1) is 12.2 Å². The molecule has 1 N–H and O–H groups in total. The molecule has 2 heterocycles. The van der Waals surface area contributed by atoms with Gasteiger partial charge in [-0.25, -0.2) is 0 Å². The molecule has 0 amide bonds. The van der Waals surface area contributed by atoms with Crippen LogP contribution in [0.2, 0.25) is 0 Å². The van der Waals surface area contributed by atoms with Crippen molar-refractivity contribution in [3.8, 4) is 0 Å². The summed E-state index contributed by atoms with van der Waals surface area (Å²) in [5.74, 6) is 0. The normalized spacial score (nSPS) is 52.9. The van der Waals surface area contributed by atoms with Gasteiger partial charge in [-0.1, -0.05) is 0 Å². The Kier molecular flexibility index (Phi) is 0.746. The fraction of sp³-hybridized carbons (Fsp3) is 1.00. The van der Waals surface area contributed by atoms with E-state index in [-0.39, 0.29) is 5.60 Å². The second kappa shape index (κ2) is 1.25. The van der Waals surface area contributed by atoms with E-state index in [1.54, 1.807) is 0 Å². The van der Waals surface area contributed by atoms with Gasteiger partial charge in [0.1, 0.15) is 0 Å². The quantitative estimate of drug-likeness (QED) is 0.482. The first-order valence-corrected chi connectivity index (χ1v) is 3.16. The summed E-state index contributed by atoms with van der Waals surface area (Å²) in [7, 11) is 0. The largest absolute Gasteiger partial charge is 0.372 e. The molecule has 2 nitrogen and oxygen atoms in total. The number of hydrogen-bond acceptors (Lipinski definition) is 2. The highest BCUT2D eigenvalue weighted by atomic mass is 16.5. The van der Waals surface area contributed by atoms with Gasteiger partial charge in [-0.2, -0.15) is 0 Å². The van der Waals surface area contributed by atoms with Gasteiger partial charge in [0, 0.05) is 12.6 Å². The van der Waals surface area contributed by atoms with Crippen molar-refractivity contribution in [2.45, 2.75) is 25.0 Å². The van der Waals surface area contributed by atoms with E-state index >= 15 is 0 Å². The molecule has 2 fully saturated rings. The van der Waals surface area contributed by atoms with Gasteiger partial charge in [-0.3, -0.25) is 0 Å². The number of fused-ring (bicyclic) bond motifs is 2. The number of ether oxygens (including phenoxy) is 1. The highest BCUT2D eigenvalue weighted by molar-refractivity contribution is 4.97. The van der Waals surface area contributed by atoms with Gasteiger partial charge in [0.15, 0.2) is 0 Å². The van der Waals surface area contributed by atoms with E-state index in [2.05, 4.69) is 12.2 Å². The van der Waals surface area contributed by atoms with Gasteiger partial charge in [-0.05, 0) is 13.3 Å². The van der Waals surface area contributed by atoms with Crippen LogP contribution in [0, 0.1) is 0 Å². The molecule has 1 unspecified atom stereocenters. The van der Waals surface area contributed by atoms with E-state index in [4.69, 9.17) is 4.74 Å². The van der Waals surface area contributed by atoms with Gasteiger partial charge in [0.2, 0.25) is 0 Å². The summed E-state index contributed by atoms with van der Waals surface area (Å²) in [5.41, 5.74) is 0.199. The fourth-order valence-electron chi connectivity index (χ4n) is 1.56. The predicted molar refractivity (Wildman–Crippen MR) is 30.8 cm³/mol. The van der Waals surface area contributed by atoms with Crippen LogP contribution in [0.3, 0.4) is 0 Å². The third-order valence-electron chi connectivity index (χ3n) is 2.08. The molecule has 0 radical (unpaired) electrons. The first-order chi connectivity index (χ1) is 3.79. The lowest BCUT2D eigenvalue weighted by Gasteiger charge is -2.20. The Morgan fingerprint density at radius 1 is 1.75 bits per heavy atom. The Hall–Kier alpha value is -0.0800. The summed E-state index contributed by atoms with van der Waals surface area (Å²) in [6, 6.07) is 0.667. The summed E-state index contributed by atoms with van der Waals surface area (Å²) in [5, 5.41) is 3.37. The van der Waals surface area contributed by atoms with Crippen LogP contribution in [0.15, 0.2) is 0 Å². The molecule has 0 aliphatic carbocycles. The smallest absolute Gasteiger partial charge is 0.0794 e. The number of nitrogens with one attached hydrogen (secondary N) is 1. The third-order valence-corrected chi connectivity index (χ3v) is 2.08. The Morgan fingerprint density at radius 3 is 2.75 bits per heavy atom. The number of rotatable bonds is 0. The summed E-state index contributed by atoms with van der Waals surface area (Å²) in [6.07, 6.45) is 1.22. The SMILES string of the molecule is C[C@]12CNC(CO1)C2. The molecule has 2 aliphatic rings. The maximum absolute atomic E-state index is 5.48. The van der Waals surface area contributed by atoms with Crippen molar-refractivity contribution < 1.29 is 4.74 Å². The minimum atomic E-state index is 0.199. The molecule has 2 heteroatoms. The molecule has 8 heavy (non-hydrogen) atoms. The summed E-state index contributed by atoms with van der Waals surface area (Å²) < 4.78 is 5.48. The lowest BCUT2D eigenvalue weighted by Crippen LogP contribution is -2.36. The molecule has 0 aromatic heterocycles. The van der Waals surface area contributed by atoms with Crippen molar-refractivity contribution in [3.05, 3.63) is 0 Å². The van der Waals surface area contributed by atoms with Crippen LogP contribution in [-0.4, -0.2) is 24.8 Å². The van der Waals surface area contributed by atoms with Crippen molar-refractivity contribution in [3.63, 3.8) is 0 Å². The van der Waals surface area contributed by atoms with Crippen LogP contribution in [0.25, 0.3) is 0 Å².